The summed E-state index contributed by atoms with van der Waals surface area (Å²) >= 11 is 0.999. The number of thiophene rings is 1. The number of benzene rings is 1. The molecule has 0 saturated carbocycles. The summed E-state index contributed by atoms with van der Waals surface area (Å²) in [6.45, 7) is 0. The van der Waals surface area contributed by atoms with Crippen molar-refractivity contribution in [2.75, 3.05) is 11.5 Å². The van der Waals surface area contributed by atoms with Gasteiger partial charge in [0.2, 0.25) is 0 Å². The van der Waals surface area contributed by atoms with E-state index in [0.29, 0.717) is 16.0 Å². The zero-order chi connectivity index (χ0) is 14.3. The van der Waals surface area contributed by atoms with E-state index in [1.807, 2.05) is 30.3 Å². The third-order valence-electron chi connectivity index (χ3n) is 2.84. The number of carbonyl (C=O) groups is 1. The van der Waals surface area contributed by atoms with Crippen LogP contribution in [0.1, 0.15) is 9.67 Å². The molecule has 0 bridgehead atoms. The molecule has 7 heteroatoms. The average Bonchev–Trinajstić information content (AvgIpc) is 2.77. The van der Waals surface area contributed by atoms with Gasteiger partial charge in [-0.25, -0.2) is 14.8 Å². The van der Waals surface area contributed by atoms with Gasteiger partial charge in [0.15, 0.2) is 5.82 Å². The maximum atomic E-state index is 11.1. The van der Waals surface area contributed by atoms with Crippen molar-refractivity contribution in [2.24, 2.45) is 0 Å². The van der Waals surface area contributed by atoms with Crippen LogP contribution in [0.5, 0.6) is 0 Å². The second-order valence-electron chi connectivity index (χ2n) is 4.13. The van der Waals surface area contributed by atoms with Crippen molar-refractivity contribution in [2.45, 2.75) is 0 Å². The van der Waals surface area contributed by atoms with E-state index < -0.39 is 5.97 Å². The van der Waals surface area contributed by atoms with Gasteiger partial charge in [-0.3, -0.25) is 0 Å². The summed E-state index contributed by atoms with van der Waals surface area (Å²) in [7, 11) is 0. The number of nitrogens with two attached hydrogens (primary N) is 2. The monoisotopic (exact) mass is 286 g/mol. The average molecular weight is 286 g/mol. The molecule has 0 unspecified atom stereocenters. The molecule has 5 N–H and O–H groups in total. The van der Waals surface area contributed by atoms with E-state index in [1.54, 1.807) is 0 Å². The summed E-state index contributed by atoms with van der Waals surface area (Å²) in [4.78, 5) is 20.2. The van der Waals surface area contributed by atoms with Crippen LogP contribution in [-0.4, -0.2) is 21.0 Å². The van der Waals surface area contributed by atoms with Gasteiger partial charge in [0, 0.05) is 5.56 Å². The van der Waals surface area contributed by atoms with Gasteiger partial charge >= 0.3 is 5.97 Å². The molecule has 1 aromatic carbocycles. The van der Waals surface area contributed by atoms with Gasteiger partial charge in [-0.1, -0.05) is 30.3 Å². The molecule has 100 valence electrons. The lowest BCUT2D eigenvalue weighted by Gasteiger charge is -2.02. The fourth-order valence-electron chi connectivity index (χ4n) is 1.92. The van der Waals surface area contributed by atoms with E-state index in [0.717, 1.165) is 16.9 Å². The Bertz CT molecular complexity index is 814. The van der Waals surface area contributed by atoms with Crippen LogP contribution in [0.3, 0.4) is 0 Å². The predicted molar refractivity (Wildman–Crippen MR) is 78.6 cm³/mol. The van der Waals surface area contributed by atoms with Gasteiger partial charge in [-0.2, -0.15) is 0 Å². The minimum Gasteiger partial charge on any atom is -0.477 e. The second kappa shape index (κ2) is 4.46. The number of rotatable bonds is 2. The minimum atomic E-state index is -1.09. The number of aromatic carboxylic acids is 1. The molecule has 0 radical (unpaired) electrons. The largest absolute Gasteiger partial charge is 0.477 e. The van der Waals surface area contributed by atoms with Crippen molar-refractivity contribution in [3.05, 3.63) is 35.2 Å². The van der Waals surface area contributed by atoms with Gasteiger partial charge in [0.1, 0.15) is 15.5 Å². The molecule has 0 aliphatic heterocycles. The van der Waals surface area contributed by atoms with Crippen LogP contribution in [0.15, 0.2) is 30.3 Å². The number of anilines is 2. The van der Waals surface area contributed by atoms with Crippen molar-refractivity contribution in [3.63, 3.8) is 0 Å². The molecular formula is C13H10N4O2S. The first-order valence-corrected chi connectivity index (χ1v) is 6.53. The van der Waals surface area contributed by atoms with Crippen LogP contribution in [-0.2, 0) is 0 Å². The number of fused-ring (bicyclic) bond motifs is 1. The van der Waals surface area contributed by atoms with Crippen molar-refractivity contribution in [1.82, 2.24) is 9.97 Å². The van der Waals surface area contributed by atoms with E-state index in [1.165, 1.54) is 0 Å². The SMILES string of the molecule is Nc1nc(-c2ccccc2)nc2sc(C(=O)O)c(N)c12. The second-order valence-corrected chi connectivity index (χ2v) is 5.13. The quantitative estimate of drug-likeness (QED) is 0.665. The Kier molecular flexibility index (Phi) is 2.76. The highest BCUT2D eigenvalue weighted by Gasteiger charge is 2.20. The van der Waals surface area contributed by atoms with Gasteiger partial charge in [-0.15, -0.1) is 11.3 Å². The molecule has 2 aromatic heterocycles. The van der Waals surface area contributed by atoms with E-state index in [9.17, 15) is 4.79 Å². The van der Waals surface area contributed by atoms with Crippen LogP contribution in [0.4, 0.5) is 11.5 Å². The normalized spacial score (nSPS) is 10.8. The number of carboxylic acid groups (broad SMARTS) is 1. The molecule has 6 nitrogen and oxygen atoms in total. The number of aromatic nitrogens is 2. The molecule has 0 saturated heterocycles. The summed E-state index contributed by atoms with van der Waals surface area (Å²) in [6.07, 6.45) is 0. The van der Waals surface area contributed by atoms with Gasteiger partial charge < -0.3 is 16.6 Å². The van der Waals surface area contributed by atoms with Crippen LogP contribution in [0, 0.1) is 0 Å². The Morgan fingerprint density at radius 2 is 1.85 bits per heavy atom. The molecule has 3 rings (SSSR count). The lowest BCUT2D eigenvalue weighted by Crippen LogP contribution is -2.00. The number of carboxylic acids is 1. The van der Waals surface area contributed by atoms with Gasteiger partial charge in [-0.05, 0) is 0 Å². The molecule has 0 atom stereocenters. The lowest BCUT2D eigenvalue weighted by molar-refractivity contribution is 0.0703. The van der Waals surface area contributed by atoms with E-state index in [2.05, 4.69) is 9.97 Å². The molecule has 0 aliphatic rings. The third kappa shape index (κ3) is 1.84. The first-order chi connectivity index (χ1) is 9.58. The molecule has 0 spiro atoms. The summed E-state index contributed by atoms with van der Waals surface area (Å²) in [5, 5.41) is 9.49. The molecule has 2 heterocycles. The van der Waals surface area contributed by atoms with Crippen LogP contribution in [0.25, 0.3) is 21.6 Å². The van der Waals surface area contributed by atoms with Crippen molar-refractivity contribution in [3.8, 4) is 11.4 Å². The summed E-state index contributed by atoms with van der Waals surface area (Å²) < 4.78 is 0. The predicted octanol–water partition coefficient (Wildman–Crippen LogP) is 2.22. The molecule has 3 aromatic rings. The lowest BCUT2D eigenvalue weighted by atomic mass is 10.2. The molecular weight excluding hydrogens is 276 g/mol. The Balaban J connectivity index is 2.28. The Morgan fingerprint density at radius 1 is 1.15 bits per heavy atom. The highest BCUT2D eigenvalue weighted by molar-refractivity contribution is 7.21. The zero-order valence-corrected chi connectivity index (χ0v) is 11.0. The topological polar surface area (TPSA) is 115 Å². The number of nitrogens with zero attached hydrogens (tertiary/aromatic N) is 2. The molecule has 0 aliphatic carbocycles. The van der Waals surface area contributed by atoms with Gasteiger partial charge in [0.05, 0.1) is 11.1 Å². The molecule has 0 amide bonds. The van der Waals surface area contributed by atoms with Crippen LogP contribution >= 0.6 is 11.3 Å². The van der Waals surface area contributed by atoms with E-state index in [4.69, 9.17) is 16.6 Å². The zero-order valence-electron chi connectivity index (χ0n) is 10.2. The summed E-state index contributed by atoms with van der Waals surface area (Å²) in [5.41, 5.74) is 12.6. The summed E-state index contributed by atoms with van der Waals surface area (Å²) in [5.74, 6) is -0.449. The first kappa shape index (κ1) is 12.4. The molecule has 20 heavy (non-hydrogen) atoms. The standard InChI is InChI=1S/C13H10N4O2S/c14-8-7-10(15)16-11(6-4-2-1-3-5-6)17-12(7)20-9(8)13(18)19/h1-5H,14H2,(H,18,19)(H2,15,16,17). The maximum absolute atomic E-state index is 11.1. The highest BCUT2D eigenvalue weighted by atomic mass is 32.1. The van der Waals surface area contributed by atoms with Crippen molar-refractivity contribution >= 4 is 39.0 Å². The third-order valence-corrected chi connectivity index (χ3v) is 3.93. The fourth-order valence-corrected chi connectivity index (χ4v) is 2.87. The van der Waals surface area contributed by atoms with Crippen molar-refractivity contribution < 1.29 is 9.90 Å². The number of hydrogen-bond acceptors (Lipinski definition) is 6. The first-order valence-electron chi connectivity index (χ1n) is 5.72. The van der Waals surface area contributed by atoms with E-state index in [-0.39, 0.29) is 16.4 Å². The summed E-state index contributed by atoms with van der Waals surface area (Å²) in [6, 6.07) is 9.33. The minimum absolute atomic E-state index is 0.0335. The van der Waals surface area contributed by atoms with Crippen LogP contribution in [0.2, 0.25) is 0 Å². The Labute approximate surface area is 117 Å². The van der Waals surface area contributed by atoms with Gasteiger partial charge in [0.25, 0.3) is 0 Å². The molecule has 0 fully saturated rings. The number of nitrogen functional groups attached to an aromatic ring is 2. The van der Waals surface area contributed by atoms with Crippen LogP contribution < -0.4 is 11.5 Å². The maximum Gasteiger partial charge on any atom is 0.348 e. The number of hydrogen-bond donors (Lipinski definition) is 3. The smallest absolute Gasteiger partial charge is 0.348 e. The van der Waals surface area contributed by atoms with E-state index >= 15 is 0 Å². The highest BCUT2D eigenvalue weighted by Crippen LogP contribution is 2.36. The Hall–Kier alpha value is -2.67. The van der Waals surface area contributed by atoms with Crippen molar-refractivity contribution in [1.29, 1.82) is 0 Å². The Morgan fingerprint density at radius 3 is 2.50 bits per heavy atom. The fraction of sp³-hybridized carbons (Fsp3) is 0.